The number of carbonyl (C=O) groups excluding carboxylic acids is 1. The molecule has 2 N–H and O–H groups in total. The van der Waals surface area contributed by atoms with Gasteiger partial charge in [-0.15, -0.1) is 11.3 Å². The third-order valence-corrected chi connectivity index (χ3v) is 7.16. The first kappa shape index (κ1) is 19.8. The lowest BCUT2D eigenvalue weighted by Crippen LogP contribution is -2.37. The first-order chi connectivity index (χ1) is 13.9. The van der Waals surface area contributed by atoms with E-state index in [0.29, 0.717) is 5.13 Å². The normalized spacial score (nSPS) is 25.3. The number of allylic oxidation sites excluding steroid dienone is 2. The molecule has 29 heavy (non-hydrogen) atoms. The maximum atomic E-state index is 13.1. The molecule has 2 bridgehead atoms. The lowest BCUT2D eigenvalue weighted by Gasteiger charge is -2.25. The molecule has 4 rings (SSSR count). The Morgan fingerprint density at radius 1 is 1.14 bits per heavy atom. The van der Waals surface area contributed by atoms with Crippen molar-refractivity contribution in [3.05, 3.63) is 46.4 Å². The second-order valence-electron chi connectivity index (χ2n) is 8.21. The van der Waals surface area contributed by atoms with Crippen LogP contribution in [0.4, 0.5) is 5.13 Å². The van der Waals surface area contributed by atoms with E-state index in [-0.39, 0.29) is 17.7 Å². The number of hydrogen-bond donors (Lipinski definition) is 2. The first-order valence-electron chi connectivity index (χ1n) is 10.2. The van der Waals surface area contributed by atoms with Crippen LogP contribution in [0.3, 0.4) is 0 Å². The molecule has 0 saturated heterocycles. The molecule has 1 amide bonds. The number of nitrogens with zero attached hydrogens (tertiary/aromatic N) is 1. The zero-order valence-electron chi connectivity index (χ0n) is 16.9. The minimum atomic E-state index is -0.869. The van der Waals surface area contributed by atoms with Crippen LogP contribution in [0.15, 0.2) is 40.8 Å². The van der Waals surface area contributed by atoms with Gasteiger partial charge in [0.15, 0.2) is 5.13 Å². The molecule has 2 fully saturated rings. The van der Waals surface area contributed by atoms with Gasteiger partial charge in [0.25, 0.3) is 0 Å². The highest BCUT2D eigenvalue weighted by atomic mass is 32.1. The summed E-state index contributed by atoms with van der Waals surface area (Å²) in [5.41, 5.74) is 5.44. The molecule has 0 spiro atoms. The predicted molar refractivity (Wildman–Crippen MR) is 115 cm³/mol. The van der Waals surface area contributed by atoms with E-state index >= 15 is 0 Å². The van der Waals surface area contributed by atoms with Crippen LogP contribution in [-0.2, 0) is 16.0 Å². The van der Waals surface area contributed by atoms with E-state index in [0.717, 1.165) is 36.1 Å². The fourth-order valence-electron chi connectivity index (χ4n) is 5.17. The number of aryl methyl sites for hydroxylation is 1. The van der Waals surface area contributed by atoms with Crippen molar-refractivity contribution in [1.29, 1.82) is 0 Å². The fraction of sp³-hybridized carbons (Fsp3) is 0.435. The summed E-state index contributed by atoms with van der Waals surface area (Å²) in [6, 6.07) is 8.25. The number of rotatable bonds is 5. The molecular formula is C23H26N2O3S. The van der Waals surface area contributed by atoms with Crippen LogP contribution in [0.2, 0.25) is 0 Å². The van der Waals surface area contributed by atoms with Gasteiger partial charge in [-0.1, -0.05) is 42.3 Å². The van der Waals surface area contributed by atoms with Gasteiger partial charge >= 0.3 is 5.97 Å². The lowest BCUT2D eigenvalue weighted by molar-refractivity contribution is -0.148. The maximum Gasteiger partial charge on any atom is 0.307 e. The van der Waals surface area contributed by atoms with E-state index in [1.807, 2.05) is 31.4 Å². The number of aromatic nitrogens is 1. The molecule has 2 aliphatic rings. The molecule has 4 atom stereocenters. The van der Waals surface area contributed by atoms with E-state index in [9.17, 15) is 14.7 Å². The smallest absolute Gasteiger partial charge is 0.307 e. The highest BCUT2D eigenvalue weighted by Gasteiger charge is 2.57. The number of carboxylic acid groups (broad SMARTS) is 1. The van der Waals surface area contributed by atoms with Crippen molar-refractivity contribution in [3.8, 4) is 11.3 Å². The Labute approximate surface area is 174 Å². The topological polar surface area (TPSA) is 79.3 Å². The number of carboxylic acids is 1. The van der Waals surface area contributed by atoms with Crippen molar-refractivity contribution in [2.45, 2.75) is 40.0 Å². The van der Waals surface area contributed by atoms with Gasteiger partial charge in [0.05, 0.1) is 17.5 Å². The van der Waals surface area contributed by atoms with Crippen LogP contribution in [0, 0.1) is 23.7 Å². The van der Waals surface area contributed by atoms with Crippen molar-refractivity contribution in [3.63, 3.8) is 0 Å². The Morgan fingerprint density at radius 2 is 1.79 bits per heavy atom. The molecule has 2 aromatic rings. The van der Waals surface area contributed by atoms with Gasteiger partial charge in [0, 0.05) is 10.9 Å². The fourth-order valence-corrected chi connectivity index (χ4v) is 5.89. The largest absolute Gasteiger partial charge is 0.481 e. The number of nitrogens with one attached hydrogen (secondary N) is 1. The Hall–Kier alpha value is -2.47. The van der Waals surface area contributed by atoms with Gasteiger partial charge in [-0.05, 0) is 50.5 Å². The lowest BCUT2D eigenvalue weighted by atomic mass is 9.79. The third-order valence-electron chi connectivity index (χ3n) is 6.40. The molecule has 2 saturated carbocycles. The molecular weight excluding hydrogens is 384 g/mol. The Kier molecular flexibility index (Phi) is 5.30. The van der Waals surface area contributed by atoms with Gasteiger partial charge in [0.1, 0.15) is 0 Å². The highest BCUT2D eigenvalue weighted by Crippen LogP contribution is 2.57. The van der Waals surface area contributed by atoms with E-state index in [2.05, 4.69) is 29.4 Å². The number of aliphatic carboxylic acids is 1. The summed E-state index contributed by atoms with van der Waals surface area (Å²) in [4.78, 5) is 29.6. The molecule has 5 nitrogen and oxygen atoms in total. The second kappa shape index (κ2) is 7.75. The number of anilines is 1. The molecule has 1 aromatic carbocycles. The van der Waals surface area contributed by atoms with Crippen molar-refractivity contribution in [2.75, 3.05) is 5.32 Å². The average molecular weight is 411 g/mol. The summed E-state index contributed by atoms with van der Waals surface area (Å²) < 4.78 is 0. The number of carbonyl (C=O) groups is 2. The summed E-state index contributed by atoms with van der Waals surface area (Å²) in [7, 11) is 0. The van der Waals surface area contributed by atoms with Crippen LogP contribution in [-0.4, -0.2) is 22.0 Å². The van der Waals surface area contributed by atoms with E-state index in [1.165, 1.54) is 22.5 Å². The zero-order chi connectivity index (χ0) is 20.7. The van der Waals surface area contributed by atoms with Crippen LogP contribution >= 0.6 is 11.3 Å². The minimum Gasteiger partial charge on any atom is -0.481 e. The Balaban J connectivity index is 1.54. The van der Waals surface area contributed by atoms with Crippen molar-refractivity contribution >= 4 is 28.3 Å². The Morgan fingerprint density at radius 3 is 2.38 bits per heavy atom. The number of benzene rings is 1. The van der Waals surface area contributed by atoms with E-state index < -0.39 is 17.8 Å². The first-order valence-corrected chi connectivity index (χ1v) is 11.0. The minimum absolute atomic E-state index is 0.0119. The van der Waals surface area contributed by atoms with Crippen molar-refractivity contribution in [1.82, 2.24) is 4.98 Å². The van der Waals surface area contributed by atoms with Crippen LogP contribution in [0.25, 0.3) is 11.3 Å². The van der Waals surface area contributed by atoms with Crippen molar-refractivity contribution in [2.24, 2.45) is 23.7 Å². The van der Waals surface area contributed by atoms with Gasteiger partial charge < -0.3 is 10.4 Å². The number of thiazole rings is 1. The van der Waals surface area contributed by atoms with Gasteiger partial charge in [-0.2, -0.15) is 0 Å². The van der Waals surface area contributed by atoms with Gasteiger partial charge in [0.2, 0.25) is 5.91 Å². The summed E-state index contributed by atoms with van der Waals surface area (Å²) in [5, 5.41) is 15.2. The van der Waals surface area contributed by atoms with E-state index in [4.69, 9.17) is 0 Å². The molecule has 0 unspecified atom stereocenters. The van der Waals surface area contributed by atoms with Gasteiger partial charge in [-0.25, -0.2) is 4.98 Å². The molecule has 6 heteroatoms. The number of hydrogen-bond acceptors (Lipinski definition) is 4. The zero-order valence-corrected chi connectivity index (χ0v) is 17.8. The summed E-state index contributed by atoms with van der Waals surface area (Å²) in [5.74, 6) is -2.22. The second-order valence-corrected chi connectivity index (χ2v) is 9.07. The molecule has 2 aliphatic carbocycles. The highest BCUT2D eigenvalue weighted by molar-refractivity contribution is 7.14. The van der Waals surface area contributed by atoms with Crippen molar-refractivity contribution < 1.29 is 14.7 Å². The number of fused-ring (bicyclic) bond motifs is 2. The number of amides is 1. The summed E-state index contributed by atoms with van der Waals surface area (Å²) >= 11 is 1.38. The van der Waals surface area contributed by atoms with E-state index in [1.54, 1.807) is 0 Å². The van der Waals surface area contributed by atoms with Crippen LogP contribution in [0.1, 0.15) is 39.2 Å². The Bertz CT molecular complexity index is 972. The summed E-state index contributed by atoms with van der Waals surface area (Å²) in [6.07, 6.45) is 2.74. The molecule has 152 valence electrons. The molecule has 0 aliphatic heterocycles. The van der Waals surface area contributed by atoms with Crippen LogP contribution < -0.4 is 5.32 Å². The average Bonchev–Trinajstić information content (AvgIpc) is 3.41. The predicted octanol–water partition coefficient (Wildman–Crippen LogP) is 5.00. The molecule has 0 radical (unpaired) electrons. The van der Waals surface area contributed by atoms with Crippen LogP contribution in [0.5, 0.6) is 0 Å². The standard InChI is InChI=1S/C23H26N2O3S/c1-4-13-5-7-14(8-6-13)17-11-29-23(24-17)25-21(26)19-15-9-10-16(18(15)12(2)3)20(19)22(27)28/h5-8,11,15-16,19-20H,4,9-10H2,1-3H3,(H,27,28)(H,24,25,26)/t15-,16-,19+,20+/m0/s1. The summed E-state index contributed by atoms with van der Waals surface area (Å²) in [6.45, 7) is 6.17. The maximum absolute atomic E-state index is 13.1. The van der Waals surface area contributed by atoms with Gasteiger partial charge in [-0.3, -0.25) is 9.59 Å². The monoisotopic (exact) mass is 410 g/mol. The molecule has 1 aromatic heterocycles. The quantitative estimate of drug-likeness (QED) is 0.680. The molecule has 1 heterocycles. The SMILES string of the molecule is CCc1ccc(-c2csc(NC(=O)[C@H]3[C@H](C(=O)O)[C@H]4CC[C@H]3C4=C(C)C)n2)cc1. The third kappa shape index (κ3) is 3.50.